The summed E-state index contributed by atoms with van der Waals surface area (Å²) in [6, 6.07) is 15.9. The number of piperidine rings is 1. The number of thioether (sulfide) groups is 1. The van der Waals surface area contributed by atoms with E-state index in [4.69, 9.17) is 4.74 Å². The zero-order chi connectivity index (χ0) is 21.8. The Morgan fingerprint density at radius 2 is 2.06 bits per heavy atom. The lowest BCUT2D eigenvalue weighted by molar-refractivity contribution is -0.120. The Morgan fingerprint density at radius 1 is 1.26 bits per heavy atom. The Labute approximate surface area is 186 Å². The summed E-state index contributed by atoms with van der Waals surface area (Å²) in [5.41, 5.74) is 3.07. The lowest BCUT2D eigenvalue weighted by Gasteiger charge is -2.34. The highest BCUT2D eigenvalue weighted by atomic mass is 32.2. The molecule has 0 bridgehead atoms. The molecule has 0 unspecified atom stereocenters. The highest BCUT2D eigenvalue weighted by Gasteiger charge is 2.27. The summed E-state index contributed by atoms with van der Waals surface area (Å²) in [4.78, 5) is 20.6. The summed E-state index contributed by atoms with van der Waals surface area (Å²) in [5, 5.41) is 13.6. The van der Waals surface area contributed by atoms with Crippen LogP contribution in [-0.4, -0.2) is 37.3 Å². The lowest BCUT2D eigenvalue weighted by Crippen LogP contribution is -2.38. The molecule has 0 saturated carbocycles. The van der Waals surface area contributed by atoms with Crippen molar-refractivity contribution in [3.8, 4) is 11.8 Å². The van der Waals surface area contributed by atoms with Gasteiger partial charge in [0.1, 0.15) is 11.8 Å². The molecule has 1 aliphatic heterocycles. The Bertz CT molecular complexity index is 1150. The first-order chi connectivity index (χ1) is 15.1. The molecule has 1 fully saturated rings. The second-order valence-corrected chi connectivity index (χ2v) is 8.38. The van der Waals surface area contributed by atoms with E-state index in [1.807, 2.05) is 48.7 Å². The number of methoxy groups -OCH3 is 1. The van der Waals surface area contributed by atoms with Gasteiger partial charge in [0.25, 0.3) is 0 Å². The predicted octanol–water partition coefficient (Wildman–Crippen LogP) is 4.69. The van der Waals surface area contributed by atoms with Gasteiger partial charge in [-0.1, -0.05) is 6.07 Å². The van der Waals surface area contributed by atoms with Crippen molar-refractivity contribution in [2.75, 3.05) is 36.7 Å². The molecule has 0 spiro atoms. The molecular formula is C24H24N4O2S. The standard InChI is InChI=1S/C24H24N4O2S/c1-30-19-6-7-21-22(13-19)26-15-17(14-25)23(21)28-10-8-16(9-11-28)24(29)27-18-4-3-5-20(12-18)31-2/h3-7,12-13,15-16H,8-11H2,1-2H3,(H,27,29). The van der Waals surface area contributed by atoms with Crippen LogP contribution in [0.25, 0.3) is 10.9 Å². The molecule has 1 saturated heterocycles. The number of rotatable bonds is 5. The number of pyridine rings is 1. The second kappa shape index (κ2) is 9.27. The van der Waals surface area contributed by atoms with E-state index in [1.54, 1.807) is 25.1 Å². The lowest BCUT2D eigenvalue weighted by atomic mass is 9.94. The molecule has 7 heteroatoms. The van der Waals surface area contributed by atoms with Gasteiger partial charge in [0, 0.05) is 47.2 Å². The molecule has 0 radical (unpaired) electrons. The number of ether oxygens (including phenoxy) is 1. The number of nitrogens with zero attached hydrogens (tertiary/aromatic N) is 3. The summed E-state index contributed by atoms with van der Waals surface area (Å²) in [7, 11) is 1.62. The molecule has 158 valence electrons. The first kappa shape index (κ1) is 21.0. The van der Waals surface area contributed by atoms with Crippen molar-refractivity contribution in [3.63, 3.8) is 0 Å². The number of amides is 1. The van der Waals surface area contributed by atoms with Crippen LogP contribution in [0.2, 0.25) is 0 Å². The van der Waals surface area contributed by atoms with E-state index in [1.165, 1.54) is 0 Å². The molecule has 4 rings (SSSR count). The smallest absolute Gasteiger partial charge is 0.227 e. The Hall–Kier alpha value is -3.24. The predicted molar refractivity (Wildman–Crippen MR) is 125 cm³/mol. The molecule has 1 amide bonds. The van der Waals surface area contributed by atoms with Gasteiger partial charge in [-0.2, -0.15) is 5.26 Å². The minimum atomic E-state index is -0.0482. The van der Waals surface area contributed by atoms with Crippen LogP contribution in [0.1, 0.15) is 18.4 Å². The van der Waals surface area contributed by atoms with Gasteiger partial charge in [-0.15, -0.1) is 11.8 Å². The molecular weight excluding hydrogens is 408 g/mol. The first-order valence-corrected chi connectivity index (χ1v) is 11.4. The van der Waals surface area contributed by atoms with Crippen molar-refractivity contribution in [1.29, 1.82) is 5.26 Å². The normalized spacial score (nSPS) is 14.3. The highest BCUT2D eigenvalue weighted by Crippen LogP contribution is 2.34. The van der Waals surface area contributed by atoms with Crippen LogP contribution in [-0.2, 0) is 4.79 Å². The van der Waals surface area contributed by atoms with Gasteiger partial charge in [0.05, 0.1) is 23.9 Å². The van der Waals surface area contributed by atoms with Gasteiger partial charge in [-0.3, -0.25) is 9.78 Å². The fourth-order valence-electron chi connectivity index (χ4n) is 4.02. The van der Waals surface area contributed by atoms with Gasteiger partial charge in [0.2, 0.25) is 5.91 Å². The molecule has 1 N–H and O–H groups in total. The van der Waals surface area contributed by atoms with E-state index in [2.05, 4.69) is 21.3 Å². The molecule has 0 aliphatic carbocycles. The van der Waals surface area contributed by atoms with Gasteiger partial charge >= 0.3 is 0 Å². The monoisotopic (exact) mass is 432 g/mol. The number of hydrogen-bond acceptors (Lipinski definition) is 6. The van der Waals surface area contributed by atoms with Crippen molar-refractivity contribution >= 4 is 39.9 Å². The van der Waals surface area contributed by atoms with E-state index >= 15 is 0 Å². The van der Waals surface area contributed by atoms with Crippen molar-refractivity contribution in [2.24, 2.45) is 5.92 Å². The van der Waals surface area contributed by atoms with E-state index in [0.29, 0.717) is 18.7 Å². The van der Waals surface area contributed by atoms with E-state index in [-0.39, 0.29) is 11.8 Å². The zero-order valence-corrected chi connectivity index (χ0v) is 18.4. The van der Waals surface area contributed by atoms with Gasteiger partial charge in [-0.05, 0) is 49.4 Å². The number of nitriles is 1. The van der Waals surface area contributed by atoms with Crippen LogP contribution < -0.4 is 15.0 Å². The fourth-order valence-corrected chi connectivity index (χ4v) is 4.48. The first-order valence-electron chi connectivity index (χ1n) is 10.2. The van der Waals surface area contributed by atoms with Crippen molar-refractivity contribution < 1.29 is 9.53 Å². The van der Waals surface area contributed by atoms with Crippen LogP contribution in [0.4, 0.5) is 11.4 Å². The van der Waals surface area contributed by atoms with Gasteiger partial charge < -0.3 is 15.0 Å². The molecule has 1 aromatic heterocycles. The number of benzene rings is 2. The second-order valence-electron chi connectivity index (χ2n) is 7.50. The van der Waals surface area contributed by atoms with E-state index < -0.39 is 0 Å². The molecule has 1 aliphatic rings. The average molecular weight is 433 g/mol. The number of aromatic nitrogens is 1. The number of nitrogens with one attached hydrogen (secondary N) is 1. The highest BCUT2D eigenvalue weighted by molar-refractivity contribution is 7.98. The Balaban J connectivity index is 1.50. The maximum Gasteiger partial charge on any atom is 0.227 e. The van der Waals surface area contributed by atoms with Crippen molar-refractivity contribution in [2.45, 2.75) is 17.7 Å². The molecule has 0 atom stereocenters. The van der Waals surface area contributed by atoms with E-state index in [9.17, 15) is 10.1 Å². The maximum atomic E-state index is 12.8. The van der Waals surface area contributed by atoms with Gasteiger partial charge in [0.15, 0.2) is 0 Å². The van der Waals surface area contributed by atoms with Crippen LogP contribution in [0.15, 0.2) is 53.6 Å². The molecule has 2 heterocycles. The van der Waals surface area contributed by atoms with E-state index in [0.717, 1.165) is 45.8 Å². The number of carbonyl (C=O) groups is 1. The molecule has 31 heavy (non-hydrogen) atoms. The van der Waals surface area contributed by atoms with Crippen LogP contribution in [0.5, 0.6) is 5.75 Å². The Morgan fingerprint density at radius 3 is 2.77 bits per heavy atom. The largest absolute Gasteiger partial charge is 0.497 e. The number of hydrogen-bond donors (Lipinski definition) is 1. The summed E-state index contributed by atoms with van der Waals surface area (Å²) in [5.74, 6) is 0.743. The summed E-state index contributed by atoms with van der Waals surface area (Å²) in [6.07, 6.45) is 5.11. The Kier molecular flexibility index (Phi) is 6.28. The molecule has 6 nitrogen and oxygen atoms in total. The third-order valence-corrected chi connectivity index (χ3v) is 6.41. The minimum absolute atomic E-state index is 0.0482. The summed E-state index contributed by atoms with van der Waals surface area (Å²) < 4.78 is 5.30. The summed E-state index contributed by atoms with van der Waals surface area (Å²) in [6.45, 7) is 1.42. The minimum Gasteiger partial charge on any atom is -0.497 e. The topological polar surface area (TPSA) is 78.2 Å². The van der Waals surface area contributed by atoms with Crippen LogP contribution >= 0.6 is 11.8 Å². The SMILES string of the molecule is COc1ccc2c(N3CCC(C(=O)Nc4cccc(SC)c4)CC3)c(C#N)cnc2c1. The fraction of sp³-hybridized carbons (Fsp3) is 0.292. The number of carbonyl (C=O) groups excluding carboxylic acids is 1. The third-order valence-electron chi connectivity index (χ3n) is 5.69. The quantitative estimate of drug-likeness (QED) is 0.589. The van der Waals surface area contributed by atoms with Crippen molar-refractivity contribution in [1.82, 2.24) is 4.98 Å². The molecule has 2 aromatic carbocycles. The van der Waals surface area contributed by atoms with Gasteiger partial charge in [-0.25, -0.2) is 0 Å². The van der Waals surface area contributed by atoms with Crippen LogP contribution in [0, 0.1) is 17.2 Å². The average Bonchev–Trinajstić information content (AvgIpc) is 2.83. The third kappa shape index (κ3) is 4.44. The molecule has 3 aromatic rings. The van der Waals surface area contributed by atoms with Crippen molar-refractivity contribution in [3.05, 3.63) is 54.2 Å². The maximum absolute atomic E-state index is 12.8. The van der Waals surface area contributed by atoms with Crippen LogP contribution in [0.3, 0.4) is 0 Å². The summed E-state index contributed by atoms with van der Waals surface area (Å²) >= 11 is 1.65. The number of fused-ring (bicyclic) bond motifs is 1. The number of anilines is 2. The zero-order valence-electron chi connectivity index (χ0n) is 17.6.